The fourth-order valence-electron chi connectivity index (χ4n) is 1.24. The summed E-state index contributed by atoms with van der Waals surface area (Å²) in [5.74, 6) is -1.55. The molecule has 0 radical (unpaired) electrons. The van der Waals surface area contributed by atoms with E-state index in [1.54, 1.807) is 13.8 Å². The molecule has 8 heteroatoms. The average Bonchev–Trinajstić information content (AvgIpc) is 2.35. The number of ether oxygens (including phenoxy) is 1. The van der Waals surface area contributed by atoms with Crippen LogP contribution in [-0.2, 0) is 9.53 Å². The molecule has 0 aromatic carbocycles. The largest absolute Gasteiger partial charge is 0.480 e. The first-order chi connectivity index (χ1) is 8.99. The Morgan fingerprint density at radius 2 is 2.21 bits per heavy atom. The van der Waals surface area contributed by atoms with Crippen LogP contribution in [0.1, 0.15) is 30.6 Å². The number of aliphatic carboxylic acids is 1. The molecule has 104 valence electrons. The number of hydrogen-bond acceptors (Lipinski definition) is 7. The number of carboxylic acid groups (broad SMARTS) is 1. The summed E-state index contributed by atoms with van der Waals surface area (Å²) in [7, 11) is 0. The molecular formula is C11H15N3O4S. The lowest BCUT2D eigenvalue weighted by Gasteiger charge is -2.09. The number of aromatic nitrogens is 2. The van der Waals surface area contributed by atoms with E-state index in [0.717, 1.165) is 11.8 Å². The standard InChI is InChI=1S/C11H15N3O4S/c1-3-7(9(15)16)19-11-13-5-6(8(12)14-11)10(17)18-4-2/h5,7H,3-4H2,1-2H3,(H,15,16)(H2,12,13,14)/t7-/m1/s1. The minimum absolute atomic E-state index is 0.0174. The van der Waals surface area contributed by atoms with Gasteiger partial charge in [-0.2, -0.15) is 0 Å². The summed E-state index contributed by atoms with van der Waals surface area (Å²) >= 11 is 0.991. The lowest BCUT2D eigenvalue weighted by molar-refractivity contribution is -0.136. The van der Waals surface area contributed by atoms with Crippen LogP contribution in [-0.4, -0.2) is 38.9 Å². The van der Waals surface area contributed by atoms with Crippen LogP contribution in [0, 0.1) is 0 Å². The normalized spacial score (nSPS) is 11.9. The van der Waals surface area contributed by atoms with Crippen LogP contribution in [0.25, 0.3) is 0 Å². The minimum atomic E-state index is -0.941. The van der Waals surface area contributed by atoms with Crippen molar-refractivity contribution in [3.63, 3.8) is 0 Å². The topological polar surface area (TPSA) is 115 Å². The molecule has 1 rings (SSSR count). The van der Waals surface area contributed by atoms with Crippen molar-refractivity contribution in [3.05, 3.63) is 11.8 Å². The maximum Gasteiger partial charge on any atom is 0.343 e. The lowest BCUT2D eigenvalue weighted by Crippen LogP contribution is -2.16. The molecule has 1 aromatic heterocycles. The van der Waals surface area contributed by atoms with Crippen molar-refractivity contribution < 1.29 is 19.4 Å². The Kier molecular flexibility index (Phi) is 5.56. The average molecular weight is 285 g/mol. The maximum atomic E-state index is 11.5. The number of carbonyl (C=O) groups is 2. The molecule has 0 aliphatic rings. The SMILES string of the molecule is CCOC(=O)c1cnc(S[C@H](CC)C(=O)O)nc1N. The van der Waals surface area contributed by atoms with E-state index in [1.165, 1.54) is 6.20 Å². The monoisotopic (exact) mass is 285 g/mol. The molecule has 0 bridgehead atoms. The van der Waals surface area contributed by atoms with Crippen LogP contribution in [0.2, 0.25) is 0 Å². The van der Waals surface area contributed by atoms with E-state index in [4.69, 9.17) is 15.6 Å². The van der Waals surface area contributed by atoms with E-state index in [1.807, 2.05) is 0 Å². The molecule has 0 spiro atoms. The molecule has 1 aromatic rings. The highest BCUT2D eigenvalue weighted by Gasteiger charge is 2.20. The van der Waals surface area contributed by atoms with E-state index in [-0.39, 0.29) is 23.1 Å². The second-order valence-electron chi connectivity index (χ2n) is 3.52. The molecular weight excluding hydrogens is 270 g/mol. The first-order valence-electron chi connectivity index (χ1n) is 5.68. The van der Waals surface area contributed by atoms with Crippen LogP contribution < -0.4 is 5.73 Å². The maximum absolute atomic E-state index is 11.5. The van der Waals surface area contributed by atoms with E-state index in [0.29, 0.717) is 6.42 Å². The second kappa shape index (κ2) is 6.93. The number of nitrogen functional groups attached to an aromatic ring is 1. The zero-order valence-electron chi connectivity index (χ0n) is 10.6. The molecule has 19 heavy (non-hydrogen) atoms. The highest BCUT2D eigenvalue weighted by Crippen LogP contribution is 2.23. The van der Waals surface area contributed by atoms with Gasteiger partial charge in [0.15, 0.2) is 5.16 Å². The third kappa shape index (κ3) is 4.09. The summed E-state index contributed by atoms with van der Waals surface area (Å²) in [5.41, 5.74) is 5.71. The Balaban J connectivity index is 2.87. The number of nitrogens with zero attached hydrogens (tertiary/aromatic N) is 2. The number of anilines is 1. The Morgan fingerprint density at radius 3 is 2.68 bits per heavy atom. The molecule has 3 N–H and O–H groups in total. The molecule has 0 saturated heterocycles. The fourth-order valence-corrected chi connectivity index (χ4v) is 2.02. The van der Waals surface area contributed by atoms with E-state index >= 15 is 0 Å². The second-order valence-corrected chi connectivity index (χ2v) is 4.69. The molecule has 7 nitrogen and oxygen atoms in total. The Hall–Kier alpha value is -1.83. The van der Waals surface area contributed by atoms with Crippen molar-refractivity contribution in [1.29, 1.82) is 0 Å². The third-order valence-electron chi connectivity index (χ3n) is 2.19. The van der Waals surface area contributed by atoms with Crippen LogP contribution in [0.4, 0.5) is 5.82 Å². The summed E-state index contributed by atoms with van der Waals surface area (Å²) < 4.78 is 4.79. The molecule has 0 saturated carbocycles. The van der Waals surface area contributed by atoms with Gasteiger partial charge >= 0.3 is 11.9 Å². The predicted molar refractivity (Wildman–Crippen MR) is 70.0 cm³/mol. The molecule has 0 unspecified atom stereocenters. The fraction of sp³-hybridized carbons (Fsp3) is 0.455. The van der Waals surface area contributed by atoms with Gasteiger partial charge in [0.2, 0.25) is 0 Å². The van der Waals surface area contributed by atoms with Crippen molar-refractivity contribution in [3.8, 4) is 0 Å². The summed E-state index contributed by atoms with van der Waals surface area (Å²) in [6, 6.07) is 0. The zero-order valence-corrected chi connectivity index (χ0v) is 11.4. The van der Waals surface area contributed by atoms with Crippen LogP contribution >= 0.6 is 11.8 Å². The highest BCUT2D eigenvalue weighted by molar-refractivity contribution is 8.00. The summed E-state index contributed by atoms with van der Waals surface area (Å²) in [6.07, 6.45) is 1.68. The Labute approximate surface area is 114 Å². The molecule has 0 fully saturated rings. The molecule has 0 aliphatic heterocycles. The first kappa shape index (κ1) is 15.2. The molecule has 1 heterocycles. The van der Waals surface area contributed by atoms with Gasteiger partial charge in [-0.25, -0.2) is 14.8 Å². The van der Waals surface area contributed by atoms with Gasteiger partial charge in [0.25, 0.3) is 0 Å². The van der Waals surface area contributed by atoms with Crippen LogP contribution in [0.5, 0.6) is 0 Å². The van der Waals surface area contributed by atoms with E-state index < -0.39 is 17.2 Å². The number of rotatable bonds is 6. The van der Waals surface area contributed by atoms with E-state index in [2.05, 4.69) is 9.97 Å². The molecule has 0 aliphatic carbocycles. The molecule has 0 amide bonds. The number of thioether (sulfide) groups is 1. The van der Waals surface area contributed by atoms with Gasteiger partial charge in [0.1, 0.15) is 16.6 Å². The van der Waals surface area contributed by atoms with Gasteiger partial charge < -0.3 is 15.6 Å². The minimum Gasteiger partial charge on any atom is -0.480 e. The van der Waals surface area contributed by atoms with Crippen molar-refractivity contribution in [2.24, 2.45) is 0 Å². The van der Waals surface area contributed by atoms with Crippen molar-refractivity contribution >= 4 is 29.5 Å². The summed E-state index contributed by atoms with van der Waals surface area (Å²) in [5, 5.41) is 8.51. The smallest absolute Gasteiger partial charge is 0.343 e. The number of esters is 1. The van der Waals surface area contributed by atoms with Crippen LogP contribution in [0.3, 0.4) is 0 Å². The first-order valence-corrected chi connectivity index (χ1v) is 6.56. The van der Waals surface area contributed by atoms with Crippen molar-refractivity contribution in [2.45, 2.75) is 30.7 Å². The van der Waals surface area contributed by atoms with Crippen molar-refractivity contribution in [2.75, 3.05) is 12.3 Å². The predicted octanol–water partition coefficient (Wildman–Crippen LogP) is 1.19. The van der Waals surface area contributed by atoms with Crippen molar-refractivity contribution in [1.82, 2.24) is 9.97 Å². The van der Waals surface area contributed by atoms with Gasteiger partial charge in [-0.3, -0.25) is 4.79 Å². The summed E-state index contributed by atoms with van der Waals surface area (Å²) in [4.78, 5) is 30.2. The van der Waals surface area contributed by atoms with E-state index in [9.17, 15) is 9.59 Å². The Bertz CT molecular complexity index is 481. The van der Waals surface area contributed by atoms with Gasteiger partial charge in [-0.1, -0.05) is 18.7 Å². The van der Waals surface area contributed by atoms with Crippen LogP contribution in [0.15, 0.2) is 11.4 Å². The van der Waals surface area contributed by atoms with Gasteiger partial charge in [0.05, 0.1) is 6.61 Å². The Morgan fingerprint density at radius 1 is 1.53 bits per heavy atom. The number of carbonyl (C=O) groups excluding carboxylic acids is 1. The number of hydrogen-bond donors (Lipinski definition) is 2. The van der Waals surface area contributed by atoms with Gasteiger partial charge in [-0.15, -0.1) is 0 Å². The quantitative estimate of drug-likeness (QED) is 0.455. The zero-order chi connectivity index (χ0) is 14.4. The lowest BCUT2D eigenvalue weighted by atomic mass is 10.3. The number of nitrogens with two attached hydrogens (primary N) is 1. The highest BCUT2D eigenvalue weighted by atomic mass is 32.2. The summed E-state index contributed by atoms with van der Waals surface area (Å²) in [6.45, 7) is 3.66. The van der Waals surface area contributed by atoms with Gasteiger partial charge in [-0.05, 0) is 13.3 Å². The molecule has 1 atom stereocenters. The third-order valence-corrected chi connectivity index (χ3v) is 3.41. The van der Waals surface area contributed by atoms with Gasteiger partial charge in [0, 0.05) is 6.20 Å². The number of carboxylic acids is 1.